The van der Waals surface area contributed by atoms with Gasteiger partial charge in [0.05, 0.1) is 0 Å². The van der Waals surface area contributed by atoms with Crippen LogP contribution >= 0.6 is 0 Å². The van der Waals surface area contributed by atoms with Gasteiger partial charge in [-0.3, -0.25) is 0 Å². The second-order valence-corrected chi connectivity index (χ2v) is 4.07. The lowest BCUT2D eigenvalue weighted by atomic mass is 10.1. The van der Waals surface area contributed by atoms with Gasteiger partial charge in [0.2, 0.25) is 0 Å². The molecule has 76 valence electrons. The first-order valence-corrected chi connectivity index (χ1v) is 4.99. The third kappa shape index (κ3) is 2.63. The molecule has 0 atom stereocenters. The van der Waals surface area contributed by atoms with E-state index in [2.05, 4.69) is 58.1 Å². The van der Waals surface area contributed by atoms with Gasteiger partial charge in [-0.05, 0) is 51.8 Å². The van der Waals surface area contributed by atoms with Gasteiger partial charge in [0, 0.05) is 11.4 Å². The predicted molar refractivity (Wildman–Crippen MR) is 63.6 cm³/mol. The molecule has 1 aromatic carbocycles. The first-order valence-electron chi connectivity index (χ1n) is 4.99. The summed E-state index contributed by atoms with van der Waals surface area (Å²) >= 11 is 0. The van der Waals surface area contributed by atoms with Crippen molar-refractivity contribution in [2.45, 2.75) is 34.6 Å². The van der Waals surface area contributed by atoms with Gasteiger partial charge in [0.15, 0.2) is 0 Å². The zero-order valence-corrected chi connectivity index (χ0v) is 9.73. The molecule has 0 radical (unpaired) electrons. The fourth-order valence-corrected chi connectivity index (χ4v) is 1.20. The molecule has 0 aliphatic rings. The highest BCUT2D eigenvalue weighted by Crippen LogP contribution is 2.18. The highest BCUT2D eigenvalue weighted by atomic mass is 14.9. The van der Waals surface area contributed by atoms with E-state index in [0.717, 1.165) is 0 Å². The van der Waals surface area contributed by atoms with Gasteiger partial charge in [-0.2, -0.15) is 0 Å². The van der Waals surface area contributed by atoms with Crippen LogP contribution in [-0.2, 0) is 0 Å². The molecule has 1 nitrogen and oxygen atoms in total. The lowest BCUT2D eigenvalue weighted by Crippen LogP contribution is -1.99. The Morgan fingerprint density at radius 2 is 1.71 bits per heavy atom. The number of nitrogens with one attached hydrogen (secondary N) is 1. The van der Waals surface area contributed by atoms with Gasteiger partial charge < -0.3 is 5.32 Å². The molecule has 1 aromatic rings. The van der Waals surface area contributed by atoms with Crippen molar-refractivity contribution in [1.82, 2.24) is 0 Å². The van der Waals surface area contributed by atoms with Crippen molar-refractivity contribution in [1.29, 1.82) is 0 Å². The molecular weight excluding hydrogens is 170 g/mol. The summed E-state index contributed by atoms with van der Waals surface area (Å²) in [6, 6.07) is 6.47. The fraction of sp³-hybridized carbons (Fsp3) is 0.385. The molecule has 0 aromatic heterocycles. The molecule has 0 saturated heterocycles. The molecule has 14 heavy (non-hydrogen) atoms. The fourth-order valence-electron chi connectivity index (χ4n) is 1.20. The Balaban J connectivity index is 2.97. The maximum Gasteiger partial charge on any atom is 0.0414 e. The SMILES string of the molecule is CC(C)=C(C)Nc1cc(C)ccc1C. The van der Waals surface area contributed by atoms with Crippen LogP contribution < -0.4 is 5.32 Å². The van der Waals surface area contributed by atoms with E-state index in [9.17, 15) is 0 Å². The van der Waals surface area contributed by atoms with Crippen molar-refractivity contribution in [3.05, 3.63) is 40.6 Å². The van der Waals surface area contributed by atoms with Crippen LogP contribution in [0.4, 0.5) is 5.69 Å². The second kappa shape index (κ2) is 4.32. The highest BCUT2D eigenvalue weighted by molar-refractivity contribution is 5.56. The number of hydrogen-bond donors (Lipinski definition) is 1. The van der Waals surface area contributed by atoms with Crippen molar-refractivity contribution in [2.75, 3.05) is 5.32 Å². The lowest BCUT2D eigenvalue weighted by molar-refractivity contribution is 1.22. The van der Waals surface area contributed by atoms with Gasteiger partial charge in [0.1, 0.15) is 0 Å². The summed E-state index contributed by atoms with van der Waals surface area (Å²) in [5.74, 6) is 0. The van der Waals surface area contributed by atoms with Gasteiger partial charge >= 0.3 is 0 Å². The second-order valence-electron chi connectivity index (χ2n) is 4.07. The van der Waals surface area contributed by atoms with E-state index in [1.54, 1.807) is 0 Å². The molecular formula is C13H19N. The van der Waals surface area contributed by atoms with Crippen LogP contribution in [0.25, 0.3) is 0 Å². The molecule has 1 heteroatoms. The summed E-state index contributed by atoms with van der Waals surface area (Å²) in [6.45, 7) is 10.6. The third-order valence-electron chi connectivity index (χ3n) is 2.47. The van der Waals surface area contributed by atoms with E-state index in [4.69, 9.17) is 0 Å². The van der Waals surface area contributed by atoms with E-state index >= 15 is 0 Å². The Kier molecular flexibility index (Phi) is 3.34. The van der Waals surface area contributed by atoms with Crippen LogP contribution in [0.5, 0.6) is 0 Å². The maximum atomic E-state index is 3.43. The Morgan fingerprint density at radius 1 is 1.07 bits per heavy atom. The number of aryl methyl sites for hydroxylation is 2. The largest absolute Gasteiger partial charge is 0.359 e. The van der Waals surface area contributed by atoms with Crippen LogP contribution in [0.2, 0.25) is 0 Å². The van der Waals surface area contributed by atoms with Gasteiger partial charge in [-0.1, -0.05) is 17.7 Å². The quantitative estimate of drug-likeness (QED) is 0.740. The zero-order valence-electron chi connectivity index (χ0n) is 9.73. The van der Waals surface area contributed by atoms with Crippen LogP contribution in [-0.4, -0.2) is 0 Å². The molecule has 0 aliphatic carbocycles. The van der Waals surface area contributed by atoms with E-state index < -0.39 is 0 Å². The van der Waals surface area contributed by atoms with Gasteiger partial charge in [-0.15, -0.1) is 0 Å². The summed E-state index contributed by atoms with van der Waals surface area (Å²) in [7, 11) is 0. The third-order valence-corrected chi connectivity index (χ3v) is 2.47. The number of allylic oxidation sites excluding steroid dienone is 2. The molecule has 0 heterocycles. The minimum Gasteiger partial charge on any atom is -0.359 e. The van der Waals surface area contributed by atoms with Crippen molar-refractivity contribution in [2.24, 2.45) is 0 Å². The average molecular weight is 189 g/mol. The first kappa shape index (κ1) is 10.8. The Bertz CT molecular complexity index is 357. The molecule has 0 amide bonds. The van der Waals surface area contributed by atoms with Crippen molar-refractivity contribution < 1.29 is 0 Å². The summed E-state index contributed by atoms with van der Waals surface area (Å²) in [5.41, 5.74) is 6.35. The molecule has 0 bridgehead atoms. The van der Waals surface area contributed by atoms with Crippen LogP contribution in [0, 0.1) is 13.8 Å². The monoisotopic (exact) mass is 189 g/mol. The van der Waals surface area contributed by atoms with Crippen LogP contribution in [0.3, 0.4) is 0 Å². The zero-order chi connectivity index (χ0) is 10.7. The van der Waals surface area contributed by atoms with E-state index in [-0.39, 0.29) is 0 Å². The summed E-state index contributed by atoms with van der Waals surface area (Å²) in [6.07, 6.45) is 0. The van der Waals surface area contributed by atoms with Crippen LogP contribution in [0.15, 0.2) is 29.5 Å². The smallest absolute Gasteiger partial charge is 0.0414 e. The molecule has 0 fully saturated rings. The lowest BCUT2D eigenvalue weighted by Gasteiger charge is -2.12. The van der Waals surface area contributed by atoms with E-state index in [1.807, 2.05) is 0 Å². The van der Waals surface area contributed by atoms with Gasteiger partial charge in [-0.25, -0.2) is 0 Å². The Hall–Kier alpha value is -1.24. The number of hydrogen-bond acceptors (Lipinski definition) is 1. The Labute approximate surface area is 86.8 Å². The minimum absolute atomic E-state index is 1.21. The van der Waals surface area contributed by atoms with Crippen molar-refractivity contribution in [3.63, 3.8) is 0 Å². The summed E-state index contributed by atoms with van der Waals surface area (Å²) in [5, 5.41) is 3.43. The molecule has 0 saturated carbocycles. The highest BCUT2D eigenvalue weighted by Gasteiger charge is 1.99. The standard InChI is InChI=1S/C13H19N/c1-9(2)12(5)14-13-8-10(3)6-7-11(13)4/h6-8,14H,1-5H3. The van der Waals surface area contributed by atoms with E-state index in [0.29, 0.717) is 0 Å². The molecule has 1 rings (SSSR count). The van der Waals surface area contributed by atoms with E-state index in [1.165, 1.54) is 28.1 Å². The normalized spacial score (nSPS) is 9.79. The first-order chi connectivity index (χ1) is 6.50. The van der Waals surface area contributed by atoms with Gasteiger partial charge in [0.25, 0.3) is 0 Å². The van der Waals surface area contributed by atoms with Crippen molar-refractivity contribution in [3.8, 4) is 0 Å². The predicted octanol–water partition coefficient (Wildman–Crippen LogP) is 4.03. The molecule has 1 N–H and O–H groups in total. The molecule has 0 spiro atoms. The summed E-state index contributed by atoms with van der Waals surface area (Å²) < 4.78 is 0. The number of anilines is 1. The Morgan fingerprint density at radius 3 is 2.29 bits per heavy atom. The maximum absolute atomic E-state index is 3.43. The number of rotatable bonds is 2. The minimum atomic E-state index is 1.21. The van der Waals surface area contributed by atoms with Crippen LogP contribution in [0.1, 0.15) is 31.9 Å². The molecule has 0 unspecified atom stereocenters. The molecule has 0 aliphatic heterocycles. The topological polar surface area (TPSA) is 12.0 Å². The van der Waals surface area contributed by atoms with Crippen molar-refractivity contribution >= 4 is 5.69 Å². The average Bonchev–Trinajstić information content (AvgIpc) is 2.11. The number of benzene rings is 1. The summed E-state index contributed by atoms with van der Waals surface area (Å²) in [4.78, 5) is 0.